The van der Waals surface area contributed by atoms with E-state index < -0.39 is 0 Å². The molecule has 0 fully saturated rings. The van der Waals surface area contributed by atoms with Gasteiger partial charge in [0.1, 0.15) is 12.9 Å². The number of carbonyl (C=O) groups is 1. The Balaban J connectivity index is 1.58. The number of imidazole rings is 1. The smallest absolute Gasteiger partial charge is 0.316 e. The number of ether oxygens (including phenoxy) is 1. The van der Waals surface area contributed by atoms with Crippen molar-refractivity contribution in [1.29, 1.82) is 0 Å². The topological polar surface area (TPSA) is 99.2 Å². The van der Waals surface area contributed by atoms with Crippen molar-refractivity contribution in [3.05, 3.63) is 54.0 Å². The lowest BCUT2D eigenvalue weighted by Gasteiger charge is -2.34. The van der Waals surface area contributed by atoms with Crippen LogP contribution in [0.15, 0.2) is 35.7 Å². The van der Waals surface area contributed by atoms with Gasteiger partial charge in [-0.25, -0.2) is 19.9 Å². The number of aromatic nitrogens is 5. The van der Waals surface area contributed by atoms with Gasteiger partial charge in [0.2, 0.25) is 0 Å². The molecular weight excluding hydrogens is 336 g/mol. The first-order valence-electron chi connectivity index (χ1n) is 8.22. The third-order valence-electron chi connectivity index (χ3n) is 4.43. The molecule has 0 N–H and O–H groups in total. The van der Waals surface area contributed by atoms with Crippen LogP contribution in [0.2, 0.25) is 0 Å². The Morgan fingerprint density at radius 3 is 3.04 bits per heavy atom. The fraction of sp³-hybridized carbons (Fsp3) is 0.353. The van der Waals surface area contributed by atoms with Crippen molar-refractivity contribution in [2.75, 3.05) is 6.61 Å². The molecular formula is C17H18N6O3. The second-order valence-corrected chi connectivity index (χ2v) is 6.21. The molecule has 3 aromatic heterocycles. The molecule has 26 heavy (non-hydrogen) atoms. The van der Waals surface area contributed by atoms with Crippen molar-refractivity contribution >= 4 is 5.91 Å². The van der Waals surface area contributed by atoms with Crippen LogP contribution in [0.3, 0.4) is 0 Å². The van der Waals surface area contributed by atoms with Crippen molar-refractivity contribution in [3.8, 4) is 6.01 Å². The lowest BCUT2D eigenvalue weighted by Crippen LogP contribution is -2.48. The minimum absolute atomic E-state index is 0.189. The Bertz CT molecular complexity index is 920. The second kappa shape index (κ2) is 6.58. The van der Waals surface area contributed by atoms with Crippen molar-refractivity contribution in [2.45, 2.75) is 25.9 Å². The van der Waals surface area contributed by atoms with Crippen LogP contribution < -0.4 is 4.74 Å². The van der Waals surface area contributed by atoms with E-state index in [0.29, 0.717) is 19.0 Å². The average molecular weight is 354 g/mol. The van der Waals surface area contributed by atoms with E-state index in [1.54, 1.807) is 23.5 Å². The molecule has 0 bridgehead atoms. The maximum absolute atomic E-state index is 12.8. The van der Waals surface area contributed by atoms with Gasteiger partial charge in [-0.3, -0.25) is 4.79 Å². The first-order valence-corrected chi connectivity index (χ1v) is 8.22. The molecule has 0 unspecified atom stereocenters. The van der Waals surface area contributed by atoms with Crippen LogP contribution in [-0.4, -0.2) is 48.0 Å². The van der Waals surface area contributed by atoms with Gasteiger partial charge in [-0.2, -0.15) is 0 Å². The summed E-state index contributed by atoms with van der Waals surface area (Å²) in [5.41, 5.74) is 3.06. The highest BCUT2D eigenvalue weighted by molar-refractivity contribution is 5.92. The monoisotopic (exact) mass is 354 g/mol. The first-order chi connectivity index (χ1) is 12.6. The van der Waals surface area contributed by atoms with Gasteiger partial charge in [0, 0.05) is 31.1 Å². The van der Waals surface area contributed by atoms with Gasteiger partial charge in [-0.05, 0) is 13.0 Å². The van der Waals surface area contributed by atoms with Crippen LogP contribution in [0, 0.1) is 6.92 Å². The maximum atomic E-state index is 12.8. The number of nitrogens with zero attached hydrogens (tertiary/aromatic N) is 6. The molecule has 3 aromatic rings. The van der Waals surface area contributed by atoms with E-state index in [1.165, 1.54) is 12.7 Å². The molecule has 9 heteroatoms. The molecule has 0 saturated heterocycles. The fourth-order valence-corrected chi connectivity index (χ4v) is 3.04. The molecule has 1 aliphatic rings. The van der Waals surface area contributed by atoms with Crippen molar-refractivity contribution in [1.82, 2.24) is 29.4 Å². The predicted molar refractivity (Wildman–Crippen MR) is 89.3 cm³/mol. The summed E-state index contributed by atoms with van der Waals surface area (Å²) in [5.74, 6) is -0.214. The highest BCUT2D eigenvalue weighted by atomic mass is 16.5. The zero-order valence-electron chi connectivity index (χ0n) is 14.5. The number of fused-ring (bicyclic) bond motifs is 1. The highest BCUT2D eigenvalue weighted by Crippen LogP contribution is 2.24. The largest absolute Gasteiger partial charge is 0.461 e. The van der Waals surface area contributed by atoms with Gasteiger partial charge in [0.15, 0.2) is 12.1 Å². The number of carbonyl (C=O) groups excluding carboxylic acids is 1. The van der Waals surface area contributed by atoms with Crippen LogP contribution in [0.5, 0.6) is 6.01 Å². The first kappa shape index (κ1) is 16.2. The van der Waals surface area contributed by atoms with E-state index >= 15 is 0 Å². The summed E-state index contributed by atoms with van der Waals surface area (Å²) < 4.78 is 12.7. The summed E-state index contributed by atoms with van der Waals surface area (Å²) in [7, 11) is 1.95. The van der Waals surface area contributed by atoms with Gasteiger partial charge in [0.25, 0.3) is 5.91 Å². The van der Waals surface area contributed by atoms with Gasteiger partial charge in [0.05, 0.1) is 24.6 Å². The van der Waals surface area contributed by atoms with Gasteiger partial charge < -0.3 is 18.6 Å². The molecule has 0 aliphatic carbocycles. The molecule has 1 atom stereocenters. The minimum atomic E-state index is -0.214. The van der Waals surface area contributed by atoms with Crippen molar-refractivity contribution in [2.24, 2.45) is 7.05 Å². The van der Waals surface area contributed by atoms with Crippen LogP contribution in [0.4, 0.5) is 0 Å². The average Bonchev–Trinajstić information content (AvgIpc) is 3.29. The maximum Gasteiger partial charge on any atom is 0.316 e. The highest BCUT2D eigenvalue weighted by Gasteiger charge is 2.34. The molecule has 1 amide bonds. The lowest BCUT2D eigenvalue weighted by atomic mass is 10.0. The number of amides is 1. The summed E-state index contributed by atoms with van der Waals surface area (Å²) >= 11 is 0. The van der Waals surface area contributed by atoms with E-state index in [-0.39, 0.29) is 24.2 Å². The normalized spacial score (nSPS) is 16.4. The van der Waals surface area contributed by atoms with E-state index in [1.807, 2.05) is 18.5 Å². The van der Waals surface area contributed by atoms with E-state index in [4.69, 9.17) is 9.15 Å². The van der Waals surface area contributed by atoms with E-state index in [0.717, 1.165) is 17.1 Å². The molecule has 4 heterocycles. The number of rotatable bonds is 4. The van der Waals surface area contributed by atoms with E-state index in [9.17, 15) is 4.79 Å². The predicted octanol–water partition coefficient (Wildman–Crippen LogP) is 1.15. The summed E-state index contributed by atoms with van der Waals surface area (Å²) in [5, 5.41) is 0. The number of hydrogen-bond acceptors (Lipinski definition) is 7. The third kappa shape index (κ3) is 3.03. The molecule has 0 aromatic carbocycles. The van der Waals surface area contributed by atoms with Crippen molar-refractivity contribution in [3.63, 3.8) is 0 Å². The molecule has 0 saturated carbocycles. The Morgan fingerprint density at radius 2 is 2.27 bits per heavy atom. The minimum Gasteiger partial charge on any atom is -0.461 e. The van der Waals surface area contributed by atoms with Gasteiger partial charge >= 0.3 is 6.01 Å². The molecule has 4 rings (SSSR count). The molecule has 0 radical (unpaired) electrons. The standard InChI is InChI=1S/C17H18N6O3/c1-11-3-4-18-17(21-11)26-7-12-5-15-13(19-9-22(15)2)6-23(12)16(24)14-8-25-10-20-14/h3-4,8-10,12H,5-7H2,1-2H3/t12-/m0/s1. The Morgan fingerprint density at radius 1 is 1.38 bits per heavy atom. The zero-order valence-corrected chi connectivity index (χ0v) is 14.5. The van der Waals surface area contributed by atoms with Gasteiger partial charge in [-0.15, -0.1) is 0 Å². The molecule has 134 valence electrons. The Labute approximate surface area is 149 Å². The summed E-state index contributed by atoms with van der Waals surface area (Å²) in [6, 6.07) is 1.91. The SMILES string of the molecule is Cc1ccnc(OC[C@@H]2Cc3c(ncn3C)CN2C(=O)c2cocn2)n1. The van der Waals surface area contributed by atoms with Crippen LogP contribution in [-0.2, 0) is 20.0 Å². The third-order valence-corrected chi connectivity index (χ3v) is 4.43. The summed E-state index contributed by atoms with van der Waals surface area (Å²) in [4.78, 5) is 31.3. The summed E-state index contributed by atoms with van der Waals surface area (Å²) in [6.45, 7) is 2.54. The summed E-state index contributed by atoms with van der Waals surface area (Å²) in [6.07, 6.45) is 6.63. The van der Waals surface area contributed by atoms with E-state index in [2.05, 4.69) is 19.9 Å². The number of hydrogen-bond donors (Lipinski definition) is 0. The van der Waals surface area contributed by atoms with Crippen LogP contribution in [0.25, 0.3) is 0 Å². The molecule has 1 aliphatic heterocycles. The second-order valence-electron chi connectivity index (χ2n) is 6.21. The Hall–Kier alpha value is -3.23. The number of oxazole rings is 1. The van der Waals surface area contributed by atoms with Gasteiger partial charge in [-0.1, -0.05) is 0 Å². The molecule has 0 spiro atoms. The van der Waals surface area contributed by atoms with Crippen molar-refractivity contribution < 1.29 is 13.9 Å². The van der Waals surface area contributed by atoms with Crippen LogP contribution >= 0.6 is 0 Å². The number of aryl methyl sites for hydroxylation is 2. The van der Waals surface area contributed by atoms with Crippen LogP contribution in [0.1, 0.15) is 27.6 Å². The Kier molecular flexibility index (Phi) is 4.11. The zero-order chi connectivity index (χ0) is 18.1. The molecule has 9 nitrogen and oxygen atoms in total. The lowest BCUT2D eigenvalue weighted by molar-refractivity contribution is 0.0544. The fourth-order valence-electron chi connectivity index (χ4n) is 3.04. The quantitative estimate of drug-likeness (QED) is 0.693.